The molecule has 1 rings (SSSR count). The average Bonchev–Trinajstić information content (AvgIpc) is 2.06. The Kier molecular flexibility index (Phi) is 6.11. The van der Waals surface area contributed by atoms with Gasteiger partial charge in [-0.05, 0) is 18.6 Å². The molecule has 0 aliphatic heterocycles. The van der Waals surface area contributed by atoms with Crippen LogP contribution in [0.25, 0.3) is 0 Å². The van der Waals surface area contributed by atoms with Gasteiger partial charge in [0.1, 0.15) is 11.6 Å². The van der Waals surface area contributed by atoms with Crippen LogP contribution in [0.3, 0.4) is 0 Å². The number of hydrogen-bond donors (Lipinski definition) is 0. The van der Waals surface area contributed by atoms with Gasteiger partial charge in [0, 0.05) is 5.56 Å². The van der Waals surface area contributed by atoms with E-state index in [2.05, 4.69) is 13.8 Å². The van der Waals surface area contributed by atoms with Gasteiger partial charge in [0.05, 0.1) is 0 Å². The standard InChI is InChI=1S/C8H8F2.C3H8/c1-2-6-7(9)4-3-5-8(6)10;1-3-2/h3-5H,2H2,1H3;3H2,1-2H3. The second-order valence-electron chi connectivity index (χ2n) is 2.76. The Hall–Kier alpha value is -0.920. The number of hydrogen-bond acceptors (Lipinski definition) is 0. The van der Waals surface area contributed by atoms with Gasteiger partial charge in [-0.15, -0.1) is 0 Å². The quantitative estimate of drug-likeness (QED) is 0.623. The van der Waals surface area contributed by atoms with Crippen molar-refractivity contribution < 1.29 is 8.78 Å². The van der Waals surface area contributed by atoms with E-state index in [1.54, 1.807) is 6.92 Å². The molecule has 0 aliphatic rings. The molecule has 0 aromatic heterocycles. The zero-order chi connectivity index (χ0) is 10.3. The molecule has 74 valence electrons. The van der Waals surface area contributed by atoms with Crippen molar-refractivity contribution in [2.45, 2.75) is 33.6 Å². The molecule has 0 atom stereocenters. The molecule has 0 heterocycles. The molecular weight excluding hydrogens is 170 g/mol. The fraction of sp³-hybridized carbons (Fsp3) is 0.455. The summed E-state index contributed by atoms with van der Waals surface area (Å²) in [4.78, 5) is 0. The molecule has 0 bridgehead atoms. The van der Waals surface area contributed by atoms with E-state index >= 15 is 0 Å². The molecule has 0 N–H and O–H groups in total. The zero-order valence-corrected chi connectivity index (χ0v) is 8.40. The number of benzene rings is 1. The summed E-state index contributed by atoms with van der Waals surface area (Å²) in [7, 11) is 0. The summed E-state index contributed by atoms with van der Waals surface area (Å²) >= 11 is 0. The number of halogens is 2. The van der Waals surface area contributed by atoms with Gasteiger partial charge in [0.15, 0.2) is 0 Å². The van der Waals surface area contributed by atoms with Crippen molar-refractivity contribution in [1.82, 2.24) is 0 Å². The van der Waals surface area contributed by atoms with E-state index in [9.17, 15) is 8.78 Å². The lowest BCUT2D eigenvalue weighted by Crippen LogP contribution is -1.91. The highest BCUT2D eigenvalue weighted by molar-refractivity contribution is 5.19. The maximum Gasteiger partial charge on any atom is 0.129 e. The van der Waals surface area contributed by atoms with Gasteiger partial charge >= 0.3 is 0 Å². The first-order chi connectivity index (χ1) is 6.17. The van der Waals surface area contributed by atoms with Crippen LogP contribution in [0.1, 0.15) is 32.8 Å². The van der Waals surface area contributed by atoms with Crippen molar-refractivity contribution in [3.8, 4) is 0 Å². The Balaban J connectivity index is 0.000000424. The molecule has 0 saturated carbocycles. The van der Waals surface area contributed by atoms with Crippen LogP contribution in [0.15, 0.2) is 18.2 Å². The maximum atomic E-state index is 12.6. The Morgan fingerprint density at radius 3 is 1.62 bits per heavy atom. The molecule has 2 heteroatoms. The van der Waals surface area contributed by atoms with Crippen LogP contribution in [-0.4, -0.2) is 0 Å². The Bertz CT molecular complexity index is 224. The summed E-state index contributed by atoms with van der Waals surface area (Å²) in [5.41, 5.74) is 0.169. The smallest absolute Gasteiger partial charge is 0.129 e. The van der Waals surface area contributed by atoms with Gasteiger partial charge in [-0.3, -0.25) is 0 Å². The van der Waals surface area contributed by atoms with Crippen LogP contribution in [-0.2, 0) is 6.42 Å². The SMILES string of the molecule is CCC.CCc1c(F)cccc1F. The molecule has 1 aromatic carbocycles. The van der Waals surface area contributed by atoms with Crippen molar-refractivity contribution >= 4 is 0 Å². The molecule has 0 aliphatic carbocycles. The van der Waals surface area contributed by atoms with E-state index in [0.29, 0.717) is 6.42 Å². The monoisotopic (exact) mass is 186 g/mol. The van der Waals surface area contributed by atoms with E-state index in [-0.39, 0.29) is 5.56 Å². The lowest BCUT2D eigenvalue weighted by molar-refractivity contribution is 0.559. The molecule has 1 aromatic rings. The van der Waals surface area contributed by atoms with Crippen LogP contribution >= 0.6 is 0 Å². The predicted molar refractivity (Wildman–Crippen MR) is 51.7 cm³/mol. The van der Waals surface area contributed by atoms with E-state index in [0.717, 1.165) is 0 Å². The highest BCUT2D eigenvalue weighted by Gasteiger charge is 2.03. The first kappa shape index (κ1) is 12.1. The van der Waals surface area contributed by atoms with Crippen molar-refractivity contribution in [1.29, 1.82) is 0 Å². The molecular formula is C11H16F2. The van der Waals surface area contributed by atoms with Crippen LogP contribution < -0.4 is 0 Å². The van der Waals surface area contributed by atoms with E-state index in [1.165, 1.54) is 24.6 Å². The number of rotatable bonds is 1. The summed E-state index contributed by atoms with van der Waals surface area (Å²) in [6.07, 6.45) is 1.65. The van der Waals surface area contributed by atoms with Crippen LogP contribution in [0.2, 0.25) is 0 Å². The van der Waals surface area contributed by atoms with Crippen molar-refractivity contribution in [2.24, 2.45) is 0 Å². The lowest BCUT2D eigenvalue weighted by Gasteiger charge is -1.98. The molecule has 0 amide bonds. The van der Waals surface area contributed by atoms with E-state index in [4.69, 9.17) is 0 Å². The first-order valence-electron chi connectivity index (χ1n) is 4.60. The first-order valence-corrected chi connectivity index (χ1v) is 4.60. The fourth-order valence-electron chi connectivity index (χ4n) is 0.870. The van der Waals surface area contributed by atoms with Crippen LogP contribution in [0.4, 0.5) is 8.78 Å². The second-order valence-corrected chi connectivity index (χ2v) is 2.76. The summed E-state index contributed by atoms with van der Waals surface area (Å²) in [6, 6.07) is 3.90. The van der Waals surface area contributed by atoms with Crippen molar-refractivity contribution in [3.05, 3.63) is 35.4 Å². The minimum Gasteiger partial charge on any atom is -0.207 e. The molecule has 0 fully saturated rings. The predicted octanol–water partition coefficient (Wildman–Crippen LogP) is 3.94. The highest BCUT2D eigenvalue weighted by Crippen LogP contribution is 2.11. The largest absolute Gasteiger partial charge is 0.207 e. The molecule has 0 unspecified atom stereocenters. The molecule has 0 spiro atoms. The fourth-order valence-corrected chi connectivity index (χ4v) is 0.870. The molecule has 0 nitrogen and oxygen atoms in total. The van der Waals surface area contributed by atoms with Gasteiger partial charge in [0.2, 0.25) is 0 Å². The van der Waals surface area contributed by atoms with Gasteiger partial charge < -0.3 is 0 Å². The van der Waals surface area contributed by atoms with Crippen LogP contribution in [0.5, 0.6) is 0 Å². The summed E-state index contributed by atoms with van der Waals surface area (Å²) in [5.74, 6) is -0.912. The third kappa shape index (κ3) is 4.02. The average molecular weight is 186 g/mol. The van der Waals surface area contributed by atoms with Gasteiger partial charge in [-0.25, -0.2) is 8.78 Å². The summed E-state index contributed by atoms with van der Waals surface area (Å²) < 4.78 is 25.2. The highest BCUT2D eigenvalue weighted by atomic mass is 19.1. The molecule has 0 radical (unpaired) electrons. The Morgan fingerprint density at radius 2 is 1.38 bits per heavy atom. The minimum absolute atomic E-state index is 0.169. The third-order valence-electron chi connectivity index (χ3n) is 1.42. The van der Waals surface area contributed by atoms with E-state index < -0.39 is 11.6 Å². The third-order valence-corrected chi connectivity index (χ3v) is 1.42. The zero-order valence-electron chi connectivity index (χ0n) is 8.40. The molecule has 13 heavy (non-hydrogen) atoms. The summed E-state index contributed by atoms with van der Waals surface area (Å²) in [5, 5.41) is 0. The second kappa shape index (κ2) is 6.58. The van der Waals surface area contributed by atoms with Crippen molar-refractivity contribution in [2.75, 3.05) is 0 Å². The van der Waals surface area contributed by atoms with Crippen LogP contribution in [0, 0.1) is 11.6 Å². The molecule has 0 saturated heterocycles. The van der Waals surface area contributed by atoms with Gasteiger partial charge in [-0.1, -0.05) is 33.3 Å². The Morgan fingerprint density at radius 1 is 1.00 bits per heavy atom. The van der Waals surface area contributed by atoms with Gasteiger partial charge in [-0.2, -0.15) is 0 Å². The minimum atomic E-state index is -0.456. The normalized spacial score (nSPS) is 9.00. The van der Waals surface area contributed by atoms with Crippen molar-refractivity contribution in [3.63, 3.8) is 0 Å². The topological polar surface area (TPSA) is 0 Å². The lowest BCUT2D eigenvalue weighted by atomic mass is 10.1. The van der Waals surface area contributed by atoms with Gasteiger partial charge in [0.25, 0.3) is 0 Å². The summed E-state index contributed by atoms with van der Waals surface area (Å²) in [6.45, 7) is 5.97. The van der Waals surface area contributed by atoms with E-state index in [1.807, 2.05) is 0 Å². The Labute approximate surface area is 78.6 Å². The maximum absolute atomic E-state index is 12.6.